The lowest BCUT2D eigenvalue weighted by molar-refractivity contribution is -0.385. The highest BCUT2D eigenvalue weighted by molar-refractivity contribution is 7.88. The van der Waals surface area contributed by atoms with Crippen LogP contribution in [0.4, 0.5) is 5.69 Å². The molecule has 0 atom stereocenters. The average Bonchev–Trinajstić information content (AvgIpc) is 2.38. The Morgan fingerprint density at radius 1 is 1.40 bits per heavy atom. The number of sulfonamides is 1. The average molecular weight is 297 g/mol. The SMILES string of the molecule is CCCN(CC#N)S(=O)(=O)Cc1ccccc1[N+](=O)[O-]. The Labute approximate surface area is 117 Å². The first kappa shape index (κ1) is 16.1. The van der Waals surface area contributed by atoms with E-state index in [0.717, 1.165) is 4.31 Å². The van der Waals surface area contributed by atoms with Crippen molar-refractivity contribution in [2.24, 2.45) is 0 Å². The summed E-state index contributed by atoms with van der Waals surface area (Å²) in [5.74, 6) is -0.480. The monoisotopic (exact) mass is 297 g/mol. The third-order valence-corrected chi connectivity index (χ3v) is 4.41. The maximum absolute atomic E-state index is 12.2. The van der Waals surface area contributed by atoms with Gasteiger partial charge in [-0.05, 0) is 6.42 Å². The van der Waals surface area contributed by atoms with Crippen molar-refractivity contribution in [3.63, 3.8) is 0 Å². The molecule has 8 heteroatoms. The highest BCUT2D eigenvalue weighted by atomic mass is 32.2. The molecule has 0 spiro atoms. The van der Waals surface area contributed by atoms with Crippen molar-refractivity contribution in [2.45, 2.75) is 19.1 Å². The summed E-state index contributed by atoms with van der Waals surface area (Å²) >= 11 is 0. The van der Waals surface area contributed by atoms with Gasteiger partial charge in [0.15, 0.2) is 0 Å². The van der Waals surface area contributed by atoms with Crippen LogP contribution in [0.2, 0.25) is 0 Å². The summed E-state index contributed by atoms with van der Waals surface area (Å²) in [6, 6.07) is 7.49. The fourth-order valence-electron chi connectivity index (χ4n) is 1.74. The molecule has 108 valence electrons. The Balaban J connectivity index is 3.07. The topological polar surface area (TPSA) is 104 Å². The third kappa shape index (κ3) is 4.01. The molecule has 0 saturated carbocycles. The number of nitro benzene ring substituents is 1. The van der Waals surface area contributed by atoms with Crippen molar-refractivity contribution >= 4 is 15.7 Å². The molecule has 0 N–H and O–H groups in total. The van der Waals surface area contributed by atoms with Gasteiger partial charge in [-0.2, -0.15) is 9.57 Å². The molecule has 0 fully saturated rings. The lowest BCUT2D eigenvalue weighted by atomic mass is 10.2. The zero-order valence-corrected chi connectivity index (χ0v) is 11.8. The Bertz CT molecular complexity index is 622. The van der Waals surface area contributed by atoms with E-state index in [-0.39, 0.29) is 24.3 Å². The van der Waals surface area contributed by atoms with Crippen LogP contribution in [0, 0.1) is 21.4 Å². The van der Waals surface area contributed by atoms with E-state index in [1.165, 1.54) is 18.2 Å². The first-order valence-corrected chi connectivity index (χ1v) is 7.60. The van der Waals surface area contributed by atoms with E-state index in [0.29, 0.717) is 6.42 Å². The van der Waals surface area contributed by atoms with Crippen LogP contribution < -0.4 is 0 Å². The van der Waals surface area contributed by atoms with E-state index in [9.17, 15) is 18.5 Å². The van der Waals surface area contributed by atoms with Crippen molar-refractivity contribution in [1.82, 2.24) is 4.31 Å². The molecular weight excluding hydrogens is 282 g/mol. The number of hydrogen-bond acceptors (Lipinski definition) is 5. The molecule has 1 aromatic carbocycles. The molecule has 1 rings (SSSR count). The summed E-state index contributed by atoms with van der Waals surface area (Å²) < 4.78 is 25.5. The van der Waals surface area contributed by atoms with E-state index in [1.807, 2.05) is 0 Å². The van der Waals surface area contributed by atoms with E-state index >= 15 is 0 Å². The first-order chi connectivity index (χ1) is 9.42. The molecule has 0 aliphatic heterocycles. The number of rotatable bonds is 7. The second-order valence-corrected chi connectivity index (χ2v) is 6.10. The fraction of sp³-hybridized carbons (Fsp3) is 0.417. The van der Waals surface area contributed by atoms with Crippen LogP contribution in [0.25, 0.3) is 0 Å². The normalized spacial score (nSPS) is 11.2. The molecule has 0 heterocycles. The van der Waals surface area contributed by atoms with Crippen LogP contribution in [0.3, 0.4) is 0 Å². The molecule has 0 amide bonds. The minimum atomic E-state index is -3.75. The summed E-state index contributed by atoms with van der Waals surface area (Å²) in [4.78, 5) is 10.3. The zero-order chi connectivity index (χ0) is 15.2. The maximum atomic E-state index is 12.2. The van der Waals surface area contributed by atoms with Crippen molar-refractivity contribution in [1.29, 1.82) is 5.26 Å². The summed E-state index contributed by atoms with van der Waals surface area (Å²) in [6.07, 6.45) is 0.567. The van der Waals surface area contributed by atoms with E-state index in [1.54, 1.807) is 19.1 Å². The molecule has 0 aliphatic rings. The third-order valence-electron chi connectivity index (χ3n) is 2.64. The van der Waals surface area contributed by atoms with Gasteiger partial charge in [0.1, 0.15) is 6.54 Å². The lowest BCUT2D eigenvalue weighted by Gasteiger charge is -2.18. The summed E-state index contributed by atoms with van der Waals surface area (Å²) in [5, 5.41) is 19.5. The fourth-order valence-corrected chi connectivity index (χ4v) is 3.28. The molecule has 1 aromatic rings. The van der Waals surface area contributed by atoms with Gasteiger partial charge < -0.3 is 0 Å². The lowest BCUT2D eigenvalue weighted by Crippen LogP contribution is -2.33. The van der Waals surface area contributed by atoms with Crippen molar-refractivity contribution < 1.29 is 13.3 Å². The van der Waals surface area contributed by atoms with Crippen LogP contribution >= 0.6 is 0 Å². The second-order valence-electron chi connectivity index (χ2n) is 4.13. The van der Waals surface area contributed by atoms with Crippen molar-refractivity contribution in [3.05, 3.63) is 39.9 Å². The summed E-state index contributed by atoms with van der Waals surface area (Å²) in [6.45, 7) is 1.76. The molecule has 7 nitrogen and oxygen atoms in total. The van der Waals surface area contributed by atoms with Gasteiger partial charge in [-0.1, -0.05) is 25.1 Å². The van der Waals surface area contributed by atoms with Crippen LogP contribution in [0.5, 0.6) is 0 Å². The van der Waals surface area contributed by atoms with Gasteiger partial charge in [-0.15, -0.1) is 0 Å². The largest absolute Gasteiger partial charge is 0.273 e. The molecule has 20 heavy (non-hydrogen) atoms. The molecule has 0 aromatic heterocycles. The Hall–Kier alpha value is -1.98. The van der Waals surface area contributed by atoms with Gasteiger partial charge in [0.25, 0.3) is 5.69 Å². The summed E-state index contributed by atoms with van der Waals surface area (Å²) in [7, 11) is -3.75. The van der Waals surface area contributed by atoms with Crippen molar-refractivity contribution in [3.8, 4) is 6.07 Å². The predicted octanol–water partition coefficient (Wildman–Crippen LogP) is 1.66. The predicted molar refractivity (Wildman–Crippen MR) is 73.2 cm³/mol. The number of hydrogen-bond donors (Lipinski definition) is 0. The van der Waals surface area contributed by atoms with Crippen LogP contribution in [0.15, 0.2) is 24.3 Å². The smallest absolute Gasteiger partial charge is 0.258 e. The number of nitrogens with zero attached hydrogens (tertiary/aromatic N) is 3. The maximum Gasteiger partial charge on any atom is 0.273 e. The van der Waals surface area contributed by atoms with E-state index < -0.39 is 20.7 Å². The minimum absolute atomic E-state index is 0.122. The molecule has 0 bridgehead atoms. The van der Waals surface area contributed by atoms with Gasteiger partial charge in [-0.25, -0.2) is 8.42 Å². The van der Waals surface area contributed by atoms with Gasteiger partial charge in [-0.3, -0.25) is 10.1 Å². The highest BCUT2D eigenvalue weighted by Crippen LogP contribution is 2.21. The van der Waals surface area contributed by atoms with Crippen LogP contribution in [-0.4, -0.2) is 30.7 Å². The molecule has 0 unspecified atom stereocenters. The Morgan fingerprint density at radius 3 is 2.60 bits per heavy atom. The standard InChI is InChI=1S/C12H15N3O4S/c1-2-8-14(9-7-13)20(18,19)10-11-5-3-4-6-12(11)15(16)17/h3-6H,2,8-10H2,1H3. The van der Waals surface area contributed by atoms with Gasteiger partial charge in [0.05, 0.1) is 16.7 Å². The Morgan fingerprint density at radius 2 is 2.05 bits per heavy atom. The van der Waals surface area contributed by atoms with E-state index in [4.69, 9.17) is 5.26 Å². The molecule has 0 aliphatic carbocycles. The number of nitro groups is 1. The quantitative estimate of drug-likeness (QED) is 0.432. The number of benzene rings is 1. The van der Waals surface area contributed by atoms with Gasteiger partial charge in [0.2, 0.25) is 10.0 Å². The van der Waals surface area contributed by atoms with Gasteiger partial charge in [0, 0.05) is 18.2 Å². The number of para-hydroxylation sites is 1. The number of nitriles is 1. The zero-order valence-electron chi connectivity index (χ0n) is 11.0. The first-order valence-electron chi connectivity index (χ1n) is 5.99. The minimum Gasteiger partial charge on any atom is -0.258 e. The van der Waals surface area contributed by atoms with Gasteiger partial charge >= 0.3 is 0 Å². The van der Waals surface area contributed by atoms with Crippen molar-refractivity contribution in [2.75, 3.05) is 13.1 Å². The van der Waals surface area contributed by atoms with Crippen LogP contribution in [0.1, 0.15) is 18.9 Å². The Kier molecular flexibility index (Phi) is 5.61. The highest BCUT2D eigenvalue weighted by Gasteiger charge is 2.25. The molecule has 0 radical (unpaired) electrons. The van der Waals surface area contributed by atoms with E-state index in [2.05, 4.69) is 0 Å². The molecular formula is C12H15N3O4S. The molecule has 0 saturated heterocycles. The second kappa shape index (κ2) is 6.98. The summed E-state index contributed by atoms with van der Waals surface area (Å²) in [5.41, 5.74) is -0.110. The van der Waals surface area contributed by atoms with Crippen LogP contribution in [-0.2, 0) is 15.8 Å².